The molecule has 0 atom stereocenters. The first-order chi connectivity index (χ1) is 9.78. The lowest BCUT2D eigenvalue weighted by molar-refractivity contribution is 0.0146. The fourth-order valence-corrected chi connectivity index (χ4v) is 2.66. The van der Waals surface area contributed by atoms with Crippen molar-refractivity contribution >= 4 is 0 Å². The van der Waals surface area contributed by atoms with E-state index in [1.807, 2.05) is 24.3 Å². The molecular weight excluding hydrogens is 250 g/mol. The van der Waals surface area contributed by atoms with E-state index in [0.717, 1.165) is 30.3 Å². The SMILES string of the molecule is CC1CCC(OCCCOc2cccc(CN)c2)CC1. The number of hydrogen-bond donors (Lipinski definition) is 1. The highest BCUT2D eigenvalue weighted by atomic mass is 16.5. The molecule has 0 radical (unpaired) electrons. The van der Waals surface area contributed by atoms with Crippen molar-refractivity contribution in [3.8, 4) is 5.75 Å². The van der Waals surface area contributed by atoms with E-state index in [1.54, 1.807) is 0 Å². The molecule has 1 aromatic carbocycles. The monoisotopic (exact) mass is 277 g/mol. The Morgan fingerprint density at radius 3 is 2.70 bits per heavy atom. The summed E-state index contributed by atoms with van der Waals surface area (Å²) >= 11 is 0. The van der Waals surface area contributed by atoms with E-state index in [1.165, 1.54) is 25.7 Å². The Bertz CT molecular complexity index is 386. The molecule has 2 N–H and O–H groups in total. The van der Waals surface area contributed by atoms with Crippen molar-refractivity contribution in [2.75, 3.05) is 13.2 Å². The molecule has 20 heavy (non-hydrogen) atoms. The first-order valence-corrected chi connectivity index (χ1v) is 7.81. The molecule has 1 saturated carbocycles. The van der Waals surface area contributed by atoms with Crippen molar-refractivity contribution in [3.63, 3.8) is 0 Å². The second-order valence-corrected chi connectivity index (χ2v) is 5.81. The lowest BCUT2D eigenvalue weighted by atomic mass is 9.89. The van der Waals surface area contributed by atoms with Crippen LogP contribution >= 0.6 is 0 Å². The second-order valence-electron chi connectivity index (χ2n) is 5.81. The zero-order chi connectivity index (χ0) is 14.2. The average Bonchev–Trinajstić information content (AvgIpc) is 2.49. The average molecular weight is 277 g/mol. The third kappa shape index (κ3) is 5.14. The highest BCUT2D eigenvalue weighted by Gasteiger charge is 2.18. The van der Waals surface area contributed by atoms with Crippen molar-refractivity contribution in [2.24, 2.45) is 11.7 Å². The van der Waals surface area contributed by atoms with Gasteiger partial charge in [-0.05, 0) is 49.3 Å². The summed E-state index contributed by atoms with van der Waals surface area (Å²) < 4.78 is 11.6. The quantitative estimate of drug-likeness (QED) is 0.776. The number of hydrogen-bond acceptors (Lipinski definition) is 3. The molecule has 0 saturated heterocycles. The lowest BCUT2D eigenvalue weighted by Gasteiger charge is -2.26. The zero-order valence-corrected chi connectivity index (χ0v) is 12.5. The number of ether oxygens (including phenoxy) is 2. The molecule has 0 spiro atoms. The predicted octanol–water partition coefficient (Wildman–Crippen LogP) is 3.51. The first kappa shape index (κ1) is 15.3. The molecule has 0 aromatic heterocycles. The number of rotatable bonds is 7. The van der Waals surface area contributed by atoms with Crippen LogP contribution in [-0.2, 0) is 11.3 Å². The fourth-order valence-electron chi connectivity index (χ4n) is 2.66. The Kier molecular flexibility index (Phi) is 6.34. The van der Waals surface area contributed by atoms with Crippen LogP contribution in [0.4, 0.5) is 0 Å². The van der Waals surface area contributed by atoms with Crippen LogP contribution in [0.3, 0.4) is 0 Å². The molecule has 0 heterocycles. The molecule has 0 unspecified atom stereocenters. The molecule has 1 aliphatic carbocycles. The molecule has 0 aliphatic heterocycles. The van der Waals surface area contributed by atoms with E-state index >= 15 is 0 Å². The Labute approximate surface area is 122 Å². The molecule has 1 fully saturated rings. The van der Waals surface area contributed by atoms with Gasteiger partial charge in [-0.25, -0.2) is 0 Å². The van der Waals surface area contributed by atoms with Crippen LogP contribution in [0, 0.1) is 5.92 Å². The van der Waals surface area contributed by atoms with Crippen LogP contribution in [0.25, 0.3) is 0 Å². The minimum atomic E-state index is 0.478. The molecule has 0 amide bonds. The van der Waals surface area contributed by atoms with Gasteiger partial charge in [-0.1, -0.05) is 19.1 Å². The summed E-state index contributed by atoms with van der Waals surface area (Å²) in [5, 5.41) is 0. The normalized spacial score (nSPS) is 22.7. The topological polar surface area (TPSA) is 44.5 Å². The summed E-state index contributed by atoms with van der Waals surface area (Å²) in [6.45, 7) is 4.40. The Hall–Kier alpha value is -1.06. The van der Waals surface area contributed by atoms with Gasteiger partial charge in [-0.15, -0.1) is 0 Å². The summed E-state index contributed by atoms with van der Waals surface area (Å²) in [6, 6.07) is 7.98. The van der Waals surface area contributed by atoms with Crippen LogP contribution in [0.2, 0.25) is 0 Å². The molecule has 2 rings (SSSR count). The molecule has 3 nitrogen and oxygen atoms in total. The van der Waals surface area contributed by atoms with E-state index < -0.39 is 0 Å². The lowest BCUT2D eigenvalue weighted by Crippen LogP contribution is -2.21. The van der Waals surface area contributed by atoms with Gasteiger partial charge >= 0.3 is 0 Å². The molecule has 1 aromatic rings. The van der Waals surface area contributed by atoms with Gasteiger partial charge in [0.15, 0.2) is 0 Å². The summed E-state index contributed by atoms with van der Waals surface area (Å²) in [6.07, 6.45) is 6.49. The van der Waals surface area contributed by atoms with Crippen molar-refractivity contribution in [1.82, 2.24) is 0 Å². The molecule has 1 aliphatic rings. The Balaban J connectivity index is 1.57. The van der Waals surface area contributed by atoms with Gasteiger partial charge in [-0.3, -0.25) is 0 Å². The van der Waals surface area contributed by atoms with Crippen LogP contribution in [0.15, 0.2) is 24.3 Å². The van der Waals surface area contributed by atoms with Gasteiger partial charge in [0.2, 0.25) is 0 Å². The van der Waals surface area contributed by atoms with Gasteiger partial charge in [0, 0.05) is 13.0 Å². The third-order valence-corrected chi connectivity index (χ3v) is 4.01. The maximum Gasteiger partial charge on any atom is 0.119 e. The number of nitrogens with two attached hydrogens (primary N) is 1. The van der Waals surface area contributed by atoms with E-state index in [9.17, 15) is 0 Å². The Morgan fingerprint density at radius 2 is 1.95 bits per heavy atom. The molecule has 0 bridgehead atoms. The van der Waals surface area contributed by atoms with Crippen molar-refractivity contribution in [2.45, 2.75) is 51.7 Å². The highest BCUT2D eigenvalue weighted by molar-refractivity contribution is 5.28. The van der Waals surface area contributed by atoms with E-state index in [4.69, 9.17) is 15.2 Å². The van der Waals surface area contributed by atoms with Crippen molar-refractivity contribution in [3.05, 3.63) is 29.8 Å². The number of benzene rings is 1. The van der Waals surface area contributed by atoms with Crippen LogP contribution in [0.5, 0.6) is 5.75 Å². The van der Waals surface area contributed by atoms with Crippen LogP contribution in [-0.4, -0.2) is 19.3 Å². The second kappa shape index (κ2) is 8.28. The van der Waals surface area contributed by atoms with Gasteiger partial charge < -0.3 is 15.2 Å². The van der Waals surface area contributed by atoms with Crippen LogP contribution < -0.4 is 10.5 Å². The smallest absolute Gasteiger partial charge is 0.119 e. The maximum absolute atomic E-state index is 5.91. The van der Waals surface area contributed by atoms with Gasteiger partial charge in [0.25, 0.3) is 0 Å². The molecular formula is C17H27NO2. The third-order valence-electron chi connectivity index (χ3n) is 4.01. The maximum atomic E-state index is 5.91. The van der Waals surface area contributed by atoms with Gasteiger partial charge in [-0.2, -0.15) is 0 Å². The van der Waals surface area contributed by atoms with Crippen molar-refractivity contribution < 1.29 is 9.47 Å². The zero-order valence-electron chi connectivity index (χ0n) is 12.5. The molecule has 112 valence electrons. The van der Waals surface area contributed by atoms with E-state index in [0.29, 0.717) is 19.3 Å². The molecule has 3 heteroatoms. The highest BCUT2D eigenvalue weighted by Crippen LogP contribution is 2.25. The first-order valence-electron chi connectivity index (χ1n) is 7.81. The minimum Gasteiger partial charge on any atom is -0.493 e. The minimum absolute atomic E-state index is 0.478. The fraction of sp³-hybridized carbons (Fsp3) is 0.647. The van der Waals surface area contributed by atoms with Crippen LogP contribution in [0.1, 0.15) is 44.6 Å². The summed E-state index contributed by atoms with van der Waals surface area (Å²) in [7, 11) is 0. The van der Waals surface area contributed by atoms with Gasteiger partial charge in [0.1, 0.15) is 5.75 Å². The largest absolute Gasteiger partial charge is 0.493 e. The van der Waals surface area contributed by atoms with E-state index in [-0.39, 0.29) is 0 Å². The summed E-state index contributed by atoms with van der Waals surface area (Å²) in [4.78, 5) is 0. The van der Waals surface area contributed by atoms with Gasteiger partial charge in [0.05, 0.1) is 19.3 Å². The summed E-state index contributed by atoms with van der Waals surface area (Å²) in [5.74, 6) is 1.78. The predicted molar refractivity (Wildman–Crippen MR) is 81.8 cm³/mol. The Morgan fingerprint density at radius 1 is 1.15 bits per heavy atom. The summed E-state index contributed by atoms with van der Waals surface area (Å²) in [5.41, 5.74) is 6.72. The van der Waals surface area contributed by atoms with E-state index in [2.05, 4.69) is 6.92 Å². The standard InChI is InChI=1S/C17H27NO2/c1-14-6-8-16(9-7-14)19-10-3-11-20-17-5-2-4-15(12-17)13-18/h2,4-5,12,14,16H,3,6-11,13,18H2,1H3. The van der Waals surface area contributed by atoms with Crippen molar-refractivity contribution in [1.29, 1.82) is 0 Å².